The van der Waals surface area contributed by atoms with Crippen LogP contribution in [0.4, 0.5) is 0 Å². The van der Waals surface area contributed by atoms with Crippen LogP contribution in [0.5, 0.6) is 0 Å². The Bertz CT molecular complexity index is 737. The molecule has 0 amide bonds. The molecule has 0 aromatic carbocycles. The second-order valence-corrected chi connectivity index (χ2v) is 7.90. The fraction of sp³-hybridized carbons (Fsp3) is 0.483. The molecule has 0 aliphatic carbocycles. The highest BCUT2D eigenvalue weighted by Crippen LogP contribution is 2.08. The normalized spacial score (nSPS) is 12.3. The van der Waals surface area contributed by atoms with Crippen LogP contribution in [-0.2, 0) is 28.6 Å². The van der Waals surface area contributed by atoms with Crippen molar-refractivity contribution in [1.82, 2.24) is 0 Å². The predicted molar refractivity (Wildman–Crippen MR) is 141 cm³/mol. The minimum Gasteiger partial charge on any atom is -0.462 e. The van der Waals surface area contributed by atoms with Crippen LogP contribution in [-0.4, -0.2) is 37.2 Å². The van der Waals surface area contributed by atoms with Gasteiger partial charge in [-0.15, -0.1) is 0 Å². The fourth-order valence-electron chi connectivity index (χ4n) is 2.78. The van der Waals surface area contributed by atoms with E-state index in [-0.39, 0.29) is 13.2 Å². The highest BCUT2D eigenvalue weighted by Gasteiger charge is 2.16. The number of esters is 3. The molecule has 0 saturated carbocycles. The van der Waals surface area contributed by atoms with Crippen LogP contribution in [0, 0.1) is 0 Å². The lowest BCUT2D eigenvalue weighted by atomic mass is 10.1. The average Bonchev–Trinajstić information content (AvgIpc) is 2.82. The van der Waals surface area contributed by atoms with Crippen LogP contribution in [0.15, 0.2) is 72.9 Å². The zero-order valence-electron chi connectivity index (χ0n) is 21.5. The topological polar surface area (TPSA) is 78.9 Å². The zero-order chi connectivity index (χ0) is 26.0. The van der Waals surface area contributed by atoms with Gasteiger partial charge in [0.05, 0.1) is 0 Å². The van der Waals surface area contributed by atoms with Crippen molar-refractivity contribution >= 4 is 17.9 Å². The molecule has 0 rings (SSSR count). The van der Waals surface area contributed by atoms with Crippen molar-refractivity contribution in [2.45, 2.75) is 78.2 Å². The number of carbonyl (C=O) groups is 3. The molecule has 0 aromatic rings. The van der Waals surface area contributed by atoms with Crippen LogP contribution in [0.1, 0.15) is 72.1 Å². The van der Waals surface area contributed by atoms with Gasteiger partial charge < -0.3 is 14.2 Å². The maximum absolute atomic E-state index is 11.9. The molecule has 0 spiro atoms. The molecule has 194 valence electrons. The van der Waals surface area contributed by atoms with Crippen molar-refractivity contribution in [3.8, 4) is 0 Å². The molecule has 0 saturated heterocycles. The predicted octanol–water partition coefficient (Wildman–Crippen LogP) is 6.50. The lowest BCUT2D eigenvalue weighted by molar-refractivity contribution is -0.162. The first-order chi connectivity index (χ1) is 17.0. The molecule has 0 unspecified atom stereocenters. The zero-order valence-corrected chi connectivity index (χ0v) is 21.5. The van der Waals surface area contributed by atoms with Crippen molar-refractivity contribution in [1.29, 1.82) is 0 Å². The first kappa shape index (κ1) is 31.9. The summed E-state index contributed by atoms with van der Waals surface area (Å²) in [5.41, 5.74) is 0. The summed E-state index contributed by atoms with van der Waals surface area (Å²) >= 11 is 0. The first-order valence-corrected chi connectivity index (χ1v) is 12.4. The lowest BCUT2D eigenvalue weighted by Crippen LogP contribution is -2.29. The van der Waals surface area contributed by atoms with E-state index in [1.165, 1.54) is 70.9 Å². The molecule has 6 nitrogen and oxygen atoms in total. The van der Waals surface area contributed by atoms with E-state index in [1.807, 2.05) is 36.5 Å². The second-order valence-electron chi connectivity index (χ2n) is 7.90. The number of unbranched alkanes of at least 4 members (excludes halogenated alkanes) is 7. The summed E-state index contributed by atoms with van der Waals surface area (Å²) in [6.07, 6.45) is 31.7. The molecule has 0 fully saturated rings. The van der Waals surface area contributed by atoms with Gasteiger partial charge in [0.1, 0.15) is 13.2 Å². The van der Waals surface area contributed by atoms with Crippen molar-refractivity contribution in [2.24, 2.45) is 0 Å². The quantitative estimate of drug-likeness (QED) is 0.0681. The molecule has 0 aromatic heterocycles. The van der Waals surface area contributed by atoms with Gasteiger partial charge in [0, 0.05) is 19.9 Å². The minimum atomic E-state index is -0.864. The maximum Gasteiger partial charge on any atom is 0.331 e. The van der Waals surface area contributed by atoms with E-state index in [0.29, 0.717) is 0 Å². The standard InChI is InChI=1S/C29H42O6/c1-4-5-6-7-8-9-10-11-12-13-14-15-16-17-18-19-20-21-22-23-29(32)35-28(24-33-26(2)30)25-34-27(3)31/h12-23,28H,4-11,24-25H2,1-3H3. The Kier molecular flexibility index (Phi) is 21.8. The van der Waals surface area contributed by atoms with E-state index in [9.17, 15) is 14.4 Å². The Morgan fingerprint density at radius 1 is 0.629 bits per heavy atom. The van der Waals surface area contributed by atoms with Crippen molar-refractivity contribution in [3.63, 3.8) is 0 Å². The monoisotopic (exact) mass is 486 g/mol. The molecule has 0 aliphatic heterocycles. The third-order valence-electron chi connectivity index (χ3n) is 4.57. The Labute approximate surface area is 211 Å². The van der Waals surface area contributed by atoms with E-state index in [4.69, 9.17) is 14.2 Å². The average molecular weight is 487 g/mol. The van der Waals surface area contributed by atoms with E-state index >= 15 is 0 Å². The maximum atomic E-state index is 11.9. The van der Waals surface area contributed by atoms with Crippen molar-refractivity contribution in [2.75, 3.05) is 13.2 Å². The smallest absolute Gasteiger partial charge is 0.331 e. The molecule has 6 heteroatoms. The molecule has 35 heavy (non-hydrogen) atoms. The van der Waals surface area contributed by atoms with Gasteiger partial charge in [0.2, 0.25) is 0 Å². The summed E-state index contributed by atoms with van der Waals surface area (Å²) in [7, 11) is 0. The molecule has 0 bridgehead atoms. The summed E-state index contributed by atoms with van der Waals surface area (Å²) < 4.78 is 14.8. The van der Waals surface area contributed by atoms with Gasteiger partial charge in [0.25, 0.3) is 0 Å². The molecule has 0 N–H and O–H groups in total. The van der Waals surface area contributed by atoms with E-state index < -0.39 is 24.0 Å². The summed E-state index contributed by atoms with van der Waals surface area (Å²) in [4.78, 5) is 33.7. The summed E-state index contributed by atoms with van der Waals surface area (Å²) in [5, 5.41) is 0. The van der Waals surface area contributed by atoms with E-state index in [2.05, 4.69) is 19.1 Å². The van der Waals surface area contributed by atoms with Gasteiger partial charge >= 0.3 is 17.9 Å². The Balaban J connectivity index is 4.08. The second kappa shape index (κ2) is 24.0. The number of carbonyl (C=O) groups excluding carboxylic acids is 3. The van der Waals surface area contributed by atoms with Crippen LogP contribution in [0.3, 0.4) is 0 Å². The number of hydrogen-bond donors (Lipinski definition) is 0. The summed E-state index contributed by atoms with van der Waals surface area (Å²) in [6.45, 7) is 4.36. The van der Waals surface area contributed by atoms with Gasteiger partial charge in [-0.25, -0.2) is 4.79 Å². The van der Waals surface area contributed by atoms with E-state index in [1.54, 1.807) is 12.2 Å². The third kappa shape index (κ3) is 25.3. The Morgan fingerprint density at radius 3 is 1.60 bits per heavy atom. The van der Waals surface area contributed by atoms with Crippen LogP contribution in [0.25, 0.3) is 0 Å². The summed E-state index contributed by atoms with van der Waals surface area (Å²) in [6, 6.07) is 0. The SMILES string of the molecule is CCCCCCCCCC=CC=CC=CC=CC=CC=CC(=O)OC(COC(C)=O)COC(C)=O. The number of ether oxygens (including phenoxy) is 3. The van der Waals surface area contributed by atoms with Crippen LogP contribution >= 0.6 is 0 Å². The Morgan fingerprint density at radius 2 is 1.09 bits per heavy atom. The minimum absolute atomic E-state index is 0.184. The van der Waals surface area contributed by atoms with Gasteiger partial charge in [-0.05, 0) is 12.8 Å². The highest BCUT2D eigenvalue weighted by molar-refractivity contribution is 5.82. The van der Waals surface area contributed by atoms with Gasteiger partial charge in [-0.1, -0.05) is 112 Å². The molecule has 0 heterocycles. The molecular formula is C29H42O6. The molecule has 0 aliphatic rings. The third-order valence-corrected chi connectivity index (χ3v) is 4.57. The molecular weight excluding hydrogens is 444 g/mol. The number of hydrogen-bond acceptors (Lipinski definition) is 6. The van der Waals surface area contributed by atoms with Crippen LogP contribution < -0.4 is 0 Å². The van der Waals surface area contributed by atoms with E-state index in [0.717, 1.165) is 6.42 Å². The van der Waals surface area contributed by atoms with Gasteiger partial charge in [-0.2, -0.15) is 0 Å². The Hall–Kier alpha value is -3.15. The number of allylic oxidation sites excluding steroid dienone is 11. The van der Waals surface area contributed by atoms with Gasteiger partial charge in [-0.3, -0.25) is 9.59 Å². The fourth-order valence-corrected chi connectivity index (χ4v) is 2.78. The van der Waals surface area contributed by atoms with Crippen molar-refractivity contribution in [3.05, 3.63) is 72.9 Å². The largest absolute Gasteiger partial charge is 0.462 e. The number of rotatable bonds is 19. The molecule has 0 radical (unpaired) electrons. The van der Waals surface area contributed by atoms with Gasteiger partial charge in [0.15, 0.2) is 6.10 Å². The lowest BCUT2D eigenvalue weighted by Gasteiger charge is -2.16. The molecule has 0 atom stereocenters. The van der Waals surface area contributed by atoms with Crippen molar-refractivity contribution < 1.29 is 28.6 Å². The summed E-state index contributed by atoms with van der Waals surface area (Å²) in [5.74, 6) is -1.66. The first-order valence-electron chi connectivity index (χ1n) is 12.4. The highest BCUT2D eigenvalue weighted by atomic mass is 16.6. The van der Waals surface area contributed by atoms with Crippen LogP contribution in [0.2, 0.25) is 0 Å².